The molecule has 0 saturated carbocycles. The van der Waals surface area contributed by atoms with Crippen molar-refractivity contribution in [2.45, 2.75) is 5.60 Å². The van der Waals surface area contributed by atoms with Gasteiger partial charge < -0.3 is 14.4 Å². The molecule has 0 aliphatic rings. The van der Waals surface area contributed by atoms with Crippen molar-refractivity contribution in [3.8, 4) is 11.3 Å². The molecule has 5 heteroatoms. The van der Waals surface area contributed by atoms with Crippen molar-refractivity contribution in [2.24, 2.45) is 5.90 Å². The first-order valence-corrected chi connectivity index (χ1v) is 7.00. The molecule has 1 heterocycles. The number of rotatable bonds is 4. The standard InChI is InChI=1S/C18H15NO4/c19-23-17(20)18(21,13-7-2-1-3-8-13)15-10-5-4-9-14(15)16-11-6-12-22-16/h1-12,21H,19H2. The van der Waals surface area contributed by atoms with E-state index in [1.54, 1.807) is 66.7 Å². The minimum Gasteiger partial charge on any atom is -0.464 e. The maximum absolute atomic E-state index is 12.3. The van der Waals surface area contributed by atoms with Crippen LogP contribution in [-0.2, 0) is 15.2 Å². The van der Waals surface area contributed by atoms with Crippen LogP contribution >= 0.6 is 0 Å². The predicted molar refractivity (Wildman–Crippen MR) is 83.9 cm³/mol. The van der Waals surface area contributed by atoms with Gasteiger partial charge in [-0.15, -0.1) is 0 Å². The van der Waals surface area contributed by atoms with E-state index in [2.05, 4.69) is 4.84 Å². The first kappa shape index (κ1) is 15.0. The summed E-state index contributed by atoms with van der Waals surface area (Å²) in [5, 5.41) is 11.2. The average Bonchev–Trinajstić information content (AvgIpc) is 3.15. The van der Waals surface area contributed by atoms with Gasteiger partial charge in [0, 0.05) is 11.1 Å². The van der Waals surface area contributed by atoms with E-state index in [1.807, 2.05) is 0 Å². The molecular weight excluding hydrogens is 294 g/mol. The summed E-state index contributed by atoms with van der Waals surface area (Å²) in [6, 6.07) is 18.9. The van der Waals surface area contributed by atoms with Crippen LogP contribution in [0.3, 0.4) is 0 Å². The highest BCUT2D eigenvalue weighted by molar-refractivity contribution is 5.88. The monoisotopic (exact) mass is 309 g/mol. The van der Waals surface area contributed by atoms with E-state index in [-0.39, 0.29) is 0 Å². The number of carbonyl (C=O) groups excluding carboxylic acids is 1. The molecule has 1 atom stereocenters. The summed E-state index contributed by atoms with van der Waals surface area (Å²) in [6.07, 6.45) is 1.52. The van der Waals surface area contributed by atoms with Crippen LogP contribution < -0.4 is 5.90 Å². The molecule has 0 aliphatic carbocycles. The zero-order chi connectivity index (χ0) is 16.3. The van der Waals surface area contributed by atoms with Crippen LogP contribution in [-0.4, -0.2) is 11.1 Å². The fourth-order valence-corrected chi connectivity index (χ4v) is 2.59. The number of benzene rings is 2. The van der Waals surface area contributed by atoms with Gasteiger partial charge in [-0.05, 0) is 17.7 Å². The fraction of sp³-hybridized carbons (Fsp3) is 0.0556. The van der Waals surface area contributed by atoms with Crippen molar-refractivity contribution < 1.29 is 19.2 Å². The largest absolute Gasteiger partial charge is 0.464 e. The summed E-state index contributed by atoms with van der Waals surface area (Å²) in [5.74, 6) is 4.63. The van der Waals surface area contributed by atoms with Crippen LogP contribution in [0.25, 0.3) is 11.3 Å². The number of hydrogen-bond donors (Lipinski definition) is 2. The van der Waals surface area contributed by atoms with Crippen LogP contribution in [0.2, 0.25) is 0 Å². The minimum atomic E-state index is -2.04. The molecule has 1 unspecified atom stereocenters. The number of hydrogen-bond acceptors (Lipinski definition) is 5. The molecule has 0 spiro atoms. The highest BCUT2D eigenvalue weighted by Gasteiger charge is 2.43. The summed E-state index contributed by atoms with van der Waals surface area (Å²) in [6.45, 7) is 0. The Morgan fingerprint density at radius 1 is 1.00 bits per heavy atom. The van der Waals surface area contributed by atoms with Crippen molar-refractivity contribution in [3.63, 3.8) is 0 Å². The summed E-state index contributed by atoms with van der Waals surface area (Å²) >= 11 is 0. The van der Waals surface area contributed by atoms with Gasteiger partial charge in [-0.3, -0.25) is 0 Å². The van der Waals surface area contributed by atoms with E-state index in [9.17, 15) is 9.90 Å². The molecule has 3 aromatic rings. The molecule has 116 valence electrons. The fourth-order valence-electron chi connectivity index (χ4n) is 2.59. The molecule has 23 heavy (non-hydrogen) atoms. The van der Waals surface area contributed by atoms with Gasteiger partial charge in [-0.25, -0.2) is 4.79 Å². The highest BCUT2D eigenvalue weighted by atomic mass is 16.7. The Bertz CT molecular complexity index is 799. The van der Waals surface area contributed by atoms with E-state index in [0.717, 1.165) is 0 Å². The van der Waals surface area contributed by atoms with Gasteiger partial charge in [0.05, 0.1) is 6.26 Å². The minimum absolute atomic E-state index is 0.330. The number of furan rings is 1. The molecular formula is C18H15NO4. The summed E-state index contributed by atoms with van der Waals surface area (Å²) in [5.41, 5.74) is -0.778. The molecule has 0 amide bonds. The van der Waals surface area contributed by atoms with Crippen molar-refractivity contribution >= 4 is 5.97 Å². The van der Waals surface area contributed by atoms with Gasteiger partial charge >= 0.3 is 5.97 Å². The van der Waals surface area contributed by atoms with Crippen LogP contribution in [0.15, 0.2) is 77.4 Å². The molecule has 0 saturated heterocycles. The van der Waals surface area contributed by atoms with E-state index >= 15 is 0 Å². The molecule has 3 rings (SSSR count). The Labute approximate surface area is 132 Å². The summed E-state index contributed by atoms with van der Waals surface area (Å²) < 4.78 is 5.41. The van der Waals surface area contributed by atoms with Crippen LogP contribution in [0.4, 0.5) is 0 Å². The van der Waals surface area contributed by atoms with Crippen molar-refractivity contribution in [2.75, 3.05) is 0 Å². The third-order valence-electron chi connectivity index (χ3n) is 3.70. The van der Waals surface area contributed by atoms with E-state index in [0.29, 0.717) is 22.5 Å². The van der Waals surface area contributed by atoms with E-state index < -0.39 is 11.6 Å². The SMILES string of the molecule is NOC(=O)C(O)(c1ccccc1)c1ccccc1-c1ccco1. The quantitative estimate of drug-likeness (QED) is 0.724. The topological polar surface area (TPSA) is 85.7 Å². The second-order valence-corrected chi connectivity index (χ2v) is 5.00. The average molecular weight is 309 g/mol. The number of nitrogens with two attached hydrogens (primary N) is 1. The zero-order valence-corrected chi connectivity index (χ0v) is 12.2. The van der Waals surface area contributed by atoms with Crippen molar-refractivity contribution in [1.82, 2.24) is 0 Å². The zero-order valence-electron chi connectivity index (χ0n) is 12.2. The molecule has 3 N–H and O–H groups in total. The third kappa shape index (κ3) is 2.52. The maximum Gasteiger partial charge on any atom is 0.366 e. The Hall–Kier alpha value is -2.89. The molecule has 5 nitrogen and oxygen atoms in total. The second-order valence-electron chi connectivity index (χ2n) is 5.00. The van der Waals surface area contributed by atoms with E-state index in [1.165, 1.54) is 6.26 Å². The summed E-state index contributed by atoms with van der Waals surface area (Å²) in [4.78, 5) is 16.7. The first-order chi connectivity index (χ1) is 11.2. The summed E-state index contributed by atoms with van der Waals surface area (Å²) in [7, 11) is 0. The second kappa shape index (κ2) is 6.08. The van der Waals surface area contributed by atoms with Crippen LogP contribution in [0.5, 0.6) is 0 Å². The smallest absolute Gasteiger partial charge is 0.366 e. The lowest BCUT2D eigenvalue weighted by Crippen LogP contribution is -2.40. The highest BCUT2D eigenvalue weighted by Crippen LogP contribution is 2.37. The molecule has 0 radical (unpaired) electrons. The predicted octanol–water partition coefficient (Wildman–Crippen LogP) is 2.60. The lowest BCUT2D eigenvalue weighted by atomic mass is 9.83. The Morgan fingerprint density at radius 2 is 1.70 bits per heavy atom. The molecule has 1 aromatic heterocycles. The van der Waals surface area contributed by atoms with Gasteiger partial charge in [0.2, 0.25) is 5.60 Å². The van der Waals surface area contributed by atoms with Crippen molar-refractivity contribution in [3.05, 3.63) is 84.1 Å². The third-order valence-corrected chi connectivity index (χ3v) is 3.70. The maximum atomic E-state index is 12.3. The van der Waals surface area contributed by atoms with Gasteiger partial charge in [0.15, 0.2) is 0 Å². The van der Waals surface area contributed by atoms with E-state index in [4.69, 9.17) is 10.3 Å². The van der Waals surface area contributed by atoms with Gasteiger partial charge in [-0.2, -0.15) is 5.90 Å². The molecule has 0 aliphatic heterocycles. The van der Waals surface area contributed by atoms with Crippen LogP contribution in [0, 0.1) is 0 Å². The number of aliphatic hydroxyl groups is 1. The van der Waals surface area contributed by atoms with Gasteiger partial charge in [-0.1, -0.05) is 54.6 Å². The first-order valence-electron chi connectivity index (χ1n) is 7.00. The Morgan fingerprint density at radius 3 is 2.35 bits per heavy atom. The molecule has 2 aromatic carbocycles. The van der Waals surface area contributed by atoms with Gasteiger partial charge in [0.25, 0.3) is 0 Å². The normalized spacial score (nSPS) is 13.3. The number of carbonyl (C=O) groups is 1. The molecule has 0 bridgehead atoms. The van der Waals surface area contributed by atoms with Crippen molar-refractivity contribution in [1.29, 1.82) is 0 Å². The lowest BCUT2D eigenvalue weighted by molar-refractivity contribution is -0.162. The molecule has 0 fully saturated rings. The Balaban J connectivity index is 2.26. The lowest BCUT2D eigenvalue weighted by Gasteiger charge is -2.27. The van der Waals surface area contributed by atoms with Crippen LogP contribution in [0.1, 0.15) is 11.1 Å². The Kier molecular flexibility index (Phi) is 3.97. The van der Waals surface area contributed by atoms with Gasteiger partial charge in [0.1, 0.15) is 5.76 Å².